The third-order valence-electron chi connectivity index (χ3n) is 10.3. The number of likely N-dealkylation sites (tertiary alicyclic amines) is 2. The molecule has 2 fully saturated rings. The second-order valence-electron chi connectivity index (χ2n) is 14.4. The number of benzene rings is 3. The van der Waals surface area contributed by atoms with Crippen LogP contribution in [0.3, 0.4) is 0 Å². The number of alkyl carbamates (subject to hydrolysis) is 2. The van der Waals surface area contributed by atoms with E-state index in [2.05, 4.69) is 48.8 Å². The smallest absolute Gasteiger partial charge is 0.407 e. The van der Waals surface area contributed by atoms with Crippen molar-refractivity contribution in [2.75, 3.05) is 42.8 Å². The number of nitrogens with zero attached hydrogens (tertiary/aromatic N) is 3. The Labute approximate surface area is 344 Å². The van der Waals surface area contributed by atoms with Crippen LogP contribution in [0.2, 0.25) is 0 Å². The van der Waals surface area contributed by atoms with Crippen LogP contribution >= 0.6 is 0 Å². The molecule has 3 aromatic carbocycles. The number of methoxy groups -OCH3 is 2. The molecule has 312 valence electrons. The highest BCUT2D eigenvalue weighted by Crippen LogP contribution is 2.25. The van der Waals surface area contributed by atoms with Crippen molar-refractivity contribution < 1.29 is 38.2 Å². The van der Waals surface area contributed by atoms with E-state index in [1.165, 1.54) is 36.2 Å². The van der Waals surface area contributed by atoms with Crippen molar-refractivity contribution in [3.05, 3.63) is 115 Å². The van der Waals surface area contributed by atoms with Gasteiger partial charge in [0, 0.05) is 43.2 Å². The molecule has 6 amide bonds. The summed E-state index contributed by atoms with van der Waals surface area (Å²) in [6, 6.07) is 22.0. The molecule has 0 aliphatic carbocycles. The number of carbonyl (C=O) groups is 6. The lowest BCUT2D eigenvalue weighted by molar-refractivity contribution is -0.138. The van der Waals surface area contributed by atoms with Gasteiger partial charge in [0.1, 0.15) is 24.2 Å². The van der Waals surface area contributed by atoms with Crippen LogP contribution in [0.25, 0.3) is 0 Å². The highest BCUT2D eigenvalue weighted by atomic mass is 16.5. The average Bonchev–Trinajstić information content (AvgIpc) is 3.96. The molecule has 4 N–H and O–H groups in total. The Kier molecular flexibility index (Phi) is 15.6. The number of hydrogen-bond donors (Lipinski definition) is 4. The fraction of sp³-hybridized carbons (Fsp3) is 0.364. The summed E-state index contributed by atoms with van der Waals surface area (Å²) in [5.74, 6) is -1.33. The Morgan fingerprint density at radius 3 is 1.44 bits per heavy atom. The van der Waals surface area contributed by atoms with Crippen LogP contribution in [0, 0.1) is 0 Å². The van der Waals surface area contributed by atoms with E-state index in [-0.39, 0.29) is 36.5 Å². The Hall–Kier alpha value is -6.64. The zero-order valence-corrected chi connectivity index (χ0v) is 33.6. The minimum absolute atomic E-state index is 0.200. The predicted molar refractivity (Wildman–Crippen MR) is 224 cm³/mol. The van der Waals surface area contributed by atoms with E-state index in [1.807, 2.05) is 78.9 Å². The summed E-state index contributed by atoms with van der Waals surface area (Å²) in [5.41, 5.74) is 4.20. The van der Waals surface area contributed by atoms with E-state index in [1.54, 1.807) is 0 Å². The standard InChI is InChI=1S/C44H53N7O8/c1-5-12-35(47-43(56)58-3)41(54)50-26-10-16-37(50)39(52)45-32-22-18-30(19-23-32)28-49(34-14-8-7-9-15-34)29-31-20-24-33(25-21-31)46-40(53)38-17-11-27-51(38)42(55)36(13-6-2)48-44(57)59-4/h5-9,14-15,18-25,35-38H,1-2,10-13,16-17,26-29H2,3-4H3,(H,45,52)(H,46,53)(H,47,56)(H,48,57)/t35-,36?,37-,38?/m0/s1. The first-order valence-electron chi connectivity index (χ1n) is 19.7. The SMILES string of the molecule is C=CCC(NC(=O)OC)C(=O)N1CCCC1C(=O)Nc1ccc(CN(Cc2ccc(NC(=O)[C@@H]3CCCN3C(=O)[C@H](CC=C)NC(=O)OC)cc2)c2ccccc2)cc1. The lowest BCUT2D eigenvalue weighted by Crippen LogP contribution is -2.52. The maximum absolute atomic E-state index is 13.4. The van der Waals surface area contributed by atoms with Crippen molar-refractivity contribution in [3.8, 4) is 0 Å². The quantitative estimate of drug-likeness (QED) is 0.131. The lowest BCUT2D eigenvalue weighted by atomic mass is 10.1. The highest BCUT2D eigenvalue weighted by molar-refractivity contribution is 5.99. The van der Waals surface area contributed by atoms with Gasteiger partial charge in [0.25, 0.3) is 0 Å². The predicted octanol–water partition coefficient (Wildman–Crippen LogP) is 5.35. The van der Waals surface area contributed by atoms with Gasteiger partial charge in [-0.25, -0.2) is 9.59 Å². The zero-order chi connectivity index (χ0) is 42.3. The van der Waals surface area contributed by atoms with Crippen molar-refractivity contribution in [2.24, 2.45) is 0 Å². The second kappa shape index (κ2) is 21.2. The maximum atomic E-state index is 13.4. The van der Waals surface area contributed by atoms with Gasteiger partial charge in [-0.2, -0.15) is 0 Å². The fourth-order valence-electron chi connectivity index (χ4n) is 7.34. The van der Waals surface area contributed by atoms with Crippen molar-refractivity contribution in [2.45, 2.75) is 75.8 Å². The molecule has 0 spiro atoms. The molecule has 2 aliphatic heterocycles. The van der Waals surface area contributed by atoms with Crippen LogP contribution < -0.4 is 26.2 Å². The topological polar surface area (TPSA) is 179 Å². The molecule has 2 unspecified atom stereocenters. The average molecular weight is 808 g/mol. The molecule has 0 saturated carbocycles. The summed E-state index contributed by atoms with van der Waals surface area (Å²) < 4.78 is 9.34. The molecular formula is C44H53N7O8. The largest absolute Gasteiger partial charge is 0.453 e. The van der Waals surface area contributed by atoms with Gasteiger partial charge in [-0.15, -0.1) is 13.2 Å². The third kappa shape index (κ3) is 11.7. The van der Waals surface area contributed by atoms with Crippen LogP contribution in [0.15, 0.2) is 104 Å². The Morgan fingerprint density at radius 1 is 0.661 bits per heavy atom. The fourth-order valence-corrected chi connectivity index (χ4v) is 7.34. The van der Waals surface area contributed by atoms with Crippen molar-refractivity contribution in [1.82, 2.24) is 20.4 Å². The number of carbonyl (C=O) groups excluding carboxylic acids is 6. The van der Waals surface area contributed by atoms with Crippen LogP contribution in [0.4, 0.5) is 26.7 Å². The van der Waals surface area contributed by atoms with E-state index in [0.29, 0.717) is 63.2 Å². The van der Waals surface area contributed by atoms with Crippen LogP contribution in [-0.4, -0.2) is 97.1 Å². The summed E-state index contributed by atoms with van der Waals surface area (Å²) >= 11 is 0. The molecule has 2 aliphatic rings. The van der Waals surface area contributed by atoms with Crippen LogP contribution in [0.1, 0.15) is 49.7 Å². The molecule has 4 atom stereocenters. The van der Waals surface area contributed by atoms with Crippen LogP contribution in [0.5, 0.6) is 0 Å². The molecule has 0 aromatic heterocycles. The number of hydrogen-bond acceptors (Lipinski definition) is 9. The maximum Gasteiger partial charge on any atom is 0.407 e. The molecular weight excluding hydrogens is 755 g/mol. The normalized spacial score (nSPS) is 16.8. The first-order chi connectivity index (χ1) is 28.5. The van der Waals surface area contributed by atoms with Gasteiger partial charge in [0.05, 0.1) is 14.2 Å². The summed E-state index contributed by atoms with van der Waals surface area (Å²) in [6.07, 6.45) is 4.34. The molecule has 2 heterocycles. The van der Waals surface area contributed by atoms with Crippen molar-refractivity contribution >= 4 is 52.9 Å². The summed E-state index contributed by atoms with van der Waals surface area (Å²) in [5, 5.41) is 11.0. The van der Waals surface area contributed by atoms with Crippen molar-refractivity contribution in [1.29, 1.82) is 0 Å². The molecule has 59 heavy (non-hydrogen) atoms. The van der Waals surface area contributed by atoms with Gasteiger partial charge >= 0.3 is 12.2 Å². The number of amides is 6. The molecule has 2 saturated heterocycles. The number of ether oxygens (including phenoxy) is 2. The Morgan fingerprint density at radius 2 is 1.07 bits per heavy atom. The van der Waals surface area contributed by atoms with Gasteiger partial charge in [-0.1, -0.05) is 54.6 Å². The molecule has 0 bridgehead atoms. The first-order valence-corrected chi connectivity index (χ1v) is 19.7. The Balaban J connectivity index is 1.20. The zero-order valence-electron chi connectivity index (χ0n) is 33.6. The summed E-state index contributed by atoms with van der Waals surface area (Å²) in [4.78, 5) is 82.4. The van der Waals surface area contributed by atoms with Gasteiger partial charge in [-0.05, 0) is 86.1 Å². The van der Waals surface area contributed by atoms with E-state index >= 15 is 0 Å². The van der Waals surface area contributed by atoms with E-state index < -0.39 is 36.4 Å². The number of para-hydroxylation sites is 1. The third-order valence-corrected chi connectivity index (χ3v) is 10.3. The molecule has 3 aromatic rings. The van der Waals surface area contributed by atoms with Gasteiger partial charge in [-0.3, -0.25) is 19.2 Å². The van der Waals surface area contributed by atoms with E-state index in [4.69, 9.17) is 0 Å². The van der Waals surface area contributed by atoms with Gasteiger partial charge in [0.2, 0.25) is 23.6 Å². The number of nitrogens with one attached hydrogen (secondary N) is 4. The number of rotatable bonds is 17. The number of anilines is 3. The molecule has 15 heteroatoms. The minimum atomic E-state index is -0.883. The van der Waals surface area contributed by atoms with E-state index in [9.17, 15) is 28.8 Å². The molecule has 5 rings (SSSR count). The highest BCUT2D eigenvalue weighted by Gasteiger charge is 2.39. The van der Waals surface area contributed by atoms with Crippen molar-refractivity contribution in [3.63, 3.8) is 0 Å². The van der Waals surface area contributed by atoms with Crippen LogP contribution in [-0.2, 0) is 41.7 Å². The summed E-state index contributed by atoms with van der Waals surface area (Å²) in [7, 11) is 2.44. The van der Waals surface area contributed by atoms with Gasteiger partial charge < -0.3 is 45.4 Å². The Bertz CT molecular complexity index is 1840. The monoisotopic (exact) mass is 807 g/mol. The second-order valence-corrected chi connectivity index (χ2v) is 14.4. The summed E-state index contributed by atoms with van der Waals surface area (Å²) in [6.45, 7) is 9.27. The molecule has 0 radical (unpaired) electrons. The first kappa shape index (κ1) is 43.5. The lowest BCUT2D eigenvalue weighted by Gasteiger charge is -2.28. The van der Waals surface area contributed by atoms with Gasteiger partial charge in [0.15, 0.2) is 0 Å². The molecule has 15 nitrogen and oxygen atoms in total. The minimum Gasteiger partial charge on any atom is -0.453 e. The van der Waals surface area contributed by atoms with E-state index in [0.717, 1.165) is 16.8 Å².